The lowest BCUT2D eigenvalue weighted by atomic mass is 10.0. The molecule has 0 aliphatic carbocycles. The van der Waals surface area contributed by atoms with Crippen molar-refractivity contribution in [2.75, 3.05) is 0 Å². The highest BCUT2D eigenvalue weighted by Crippen LogP contribution is 2.36. The summed E-state index contributed by atoms with van der Waals surface area (Å²) >= 11 is 0. The summed E-state index contributed by atoms with van der Waals surface area (Å²) in [5.41, 5.74) is 3.65. The summed E-state index contributed by atoms with van der Waals surface area (Å²) in [5, 5.41) is 4.75. The molecule has 0 aliphatic rings. The number of para-hydroxylation sites is 1. The molecule has 5 aromatic rings. The van der Waals surface area contributed by atoms with Crippen LogP contribution in [0.2, 0.25) is 0 Å². The highest BCUT2D eigenvalue weighted by atomic mass is 16.3. The van der Waals surface area contributed by atoms with Gasteiger partial charge in [0.15, 0.2) is 0 Å². The maximum Gasteiger partial charge on any atom is 0.243 e. The number of benzene rings is 3. The van der Waals surface area contributed by atoms with Crippen LogP contribution >= 0.6 is 0 Å². The van der Waals surface area contributed by atoms with Gasteiger partial charge in [-0.15, -0.1) is 0 Å². The Morgan fingerprint density at radius 1 is 0.885 bits per heavy atom. The fourth-order valence-electron chi connectivity index (χ4n) is 3.83. The average molecular weight is 340 g/mol. The predicted molar refractivity (Wildman–Crippen MR) is 104 cm³/mol. The van der Waals surface area contributed by atoms with E-state index in [1.165, 1.54) is 6.92 Å². The molecule has 126 valence electrons. The van der Waals surface area contributed by atoms with Gasteiger partial charge in [-0.25, -0.2) is 4.99 Å². The molecule has 0 unspecified atom stereocenters. The molecule has 0 atom stereocenters. The summed E-state index contributed by atoms with van der Waals surface area (Å²) in [6.45, 7) is 1.47. The van der Waals surface area contributed by atoms with Crippen LogP contribution < -0.4 is 5.36 Å². The summed E-state index contributed by atoms with van der Waals surface area (Å²) in [4.78, 5) is 15.9. The van der Waals surface area contributed by atoms with Crippen LogP contribution in [-0.4, -0.2) is 10.5 Å². The van der Waals surface area contributed by atoms with Crippen molar-refractivity contribution in [2.45, 2.75) is 6.92 Å². The Labute approximate surface area is 149 Å². The minimum atomic E-state index is -0.225. The number of fused-ring (bicyclic) bond motifs is 4. The van der Waals surface area contributed by atoms with Crippen LogP contribution in [0.25, 0.3) is 43.7 Å². The van der Waals surface area contributed by atoms with Crippen LogP contribution in [0.15, 0.2) is 70.1 Å². The molecule has 0 N–H and O–H groups in total. The number of amides is 1. The van der Waals surface area contributed by atoms with E-state index in [9.17, 15) is 4.79 Å². The van der Waals surface area contributed by atoms with Crippen molar-refractivity contribution >= 4 is 49.7 Å². The number of aryl methyl sites for hydroxylation is 1. The van der Waals surface area contributed by atoms with E-state index in [0.29, 0.717) is 5.36 Å². The molecular weight excluding hydrogens is 324 g/mol. The quantitative estimate of drug-likeness (QED) is 0.304. The molecule has 1 amide bonds. The van der Waals surface area contributed by atoms with Gasteiger partial charge in [-0.05, 0) is 29.7 Å². The van der Waals surface area contributed by atoms with Crippen molar-refractivity contribution in [3.05, 3.63) is 66.0 Å². The lowest BCUT2D eigenvalue weighted by Gasteiger charge is -2.16. The van der Waals surface area contributed by atoms with E-state index in [0.717, 1.165) is 43.7 Å². The van der Waals surface area contributed by atoms with Crippen molar-refractivity contribution in [1.29, 1.82) is 0 Å². The number of hydrogen-bond acceptors (Lipinski definition) is 2. The monoisotopic (exact) mass is 340 g/mol. The molecule has 0 aliphatic heterocycles. The molecule has 5 rings (SSSR count). The molecule has 4 nitrogen and oxygen atoms in total. The lowest BCUT2D eigenvalue weighted by Crippen LogP contribution is -2.09. The number of rotatable bonds is 0. The van der Waals surface area contributed by atoms with Crippen molar-refractivity contribution in [2.24, 2.45) is 12.0 Å². The zero-order chi connectivity index (χ0) is 17.8. The maximum absolute atomic E-state index is 11.7. The summed E-state index contributed by atoms with van der Waals surface area (Å²) in [7, 11) is 2.03. The van der Waals surface area contributed by atoms with Gasteiger partial charge in [0.1, 0.15) is 11.2 Å². The van der Waals surface area contributed by atoms with E-state index in [1.54, 1.807) is 0 Å². The summed E-state index contributed by atoms with van der Waals surface area (Å²) < 4.78 is 8.49. The van der Waals surface area contributed by atoms with Gasteiger partial charge in [0.2, 0.25) is 5.91 Å². The van der Waals surface area contributed by atoms with E-state index >= 15 is 0 Å². The largest absolute Gasteiger partial charge is 0.455 e. The van der Waals surface area contributed by atoms with Crippen LogP contribution in [0, 0.1) is 0 Å². The minimum Gasteiger partial charge on any atom is -0.455 e. The molecule has 3 aromatic carbocycles. The fraction of sp³-hybridized carbons (Fsp3) is 0.0909. The molecule has 4 heteroatoms. The number of aromatic nitrogens is 1. The topological polar surface area (TPSA) is 47.5 Å². The number of hydrogen-bond donors (Lipinski definition) is 0. The Bertz CT molecular complexity index is 1420. The summed E-state index contributed by atoms with van der Waals surface area (Å²) in [6.07, 6.45) is 0. The zero-order valence-corrected chi connectivity index (χ0v) is 14.5. The molecule has 0 saturated heterocycles. The van der Waals surface area contributed by atoms with Crippen LogP contribution in [-0.2, 0) is 11.8 Å². The van der Waals surface area contributed by atoms with Crippen molar-refractivity contribution in [3.8, 4) is 0 Å². The van der Waals surface area contributed by atoms with Gasteiger partial charge in [-0.3, -0.25) is 4.79 Å². The highest BCUT2D eigenvalue weighted by Gasteiger charge is 2.16. The van der Waals surface area contributed by atoms with Crippen LogP contribution in [0.1, 0.15) is 6.92 Å². The van der Waals surface area contributed by atoms with Gasteiger partial charge in [0.25, 0.3) is 0 Å². The predicted octanol–water partition coefficient (Wildman–Crippen LogP) is 4.68. The van der Waals surface area contributed by atoms with E-state index < -0.39 is 0 Å². The van der Waals surface area contributed by atoms with Gasteiger partial charge >= 0.3 is 0 Å². The van der Waals surface area contributed by atoms with Crippen molar-refractivity contribution in [3.63, 3.8) is 0 Å². The van der Waals surface area contributed by atoms with Crippen LogP contribution in [0.3, 0.4) is 0 Å². The molecule has 2 aromatic heterocycles. The molecule has 0 saturated carbocycles. The molecule has 0 spiro atoms. The van der Waals surface area contributed by atoms with Gasteiger partial charge < -0.3 is 8.98 Å². The molecule has 0 radical (unpaired) electrons. The summed E-state index contributed by atoms with van der Waals surface area (Å²) in [6, 6.07) is 20.1. The van der Waals surface area contributed by atoms with Gasteiger partial charge in [-0.2, -0.15) is 0 Å². The highest BCUT2D eigenvalue weighted by molar-refractivity contribution is 6.22. The third kappa shape index (κ3) is 1.96. The first-order chi connectivity index (χ1) is 12.6. The Morgan fingerprint density at radius 3 is 2.38 bits per heavy atom. The second-order valence-corrected chi connectivity index (χ2v) is 6.49. The van der Waals surface area contributed by atoms with Gasteiger partial charge in [0.05, 0.1) is 21.8 Å². The van der Waals surface area contributed by atoms with Crippen molar-refractivity contribution < 1.29 is 9.21 Å². The van der Waals surface area contributed by atoms with E-state index in [4.69, 9.17) is 4.42 Å². The van der Waals surface area contributed by atoms with Gasteiger partial charge in [-0.1, -0.05) is 36.4 Å². The first-order valence-electron chi connectivity index (χ1n) is 8.52. The van der Waals surface area contributed by atoms with E-state index in [1.807, 2.05) is 43.4 Å². The molecule has 0 fully saturated rings. The molecule has 2 heterocycles. The SMILES string of the molecule is CC(=O)N=c1cccc2c1c1oc3ccccc3c3cccc(c31)n2C. The standard InChI is InChI=1S/C22H16N2O2/c1-13(25)23-16-9-6-11-18-21(16)22-20-15(8-5-10-17(20)24(18)2)14-7-3-4-12-19(14)26-22/h3-12H,1-2H3. The van der Waals surface area contributed by atoms with E-state index in [-0.39, 0.29) is 5.91 Å². The molecule has 26 heavy (non-hydrogen) atoms. The smallest absolute Gasteiger partial charge is 0.243 e. The third-order valence-electron chi connectivity index (χ3n) is 4.91. The second-order valence-electron chi connectivity index (χ2n) is 6.49. The average Bonchev–Trinajstić information content (AvgIpc) is 2.65. The number of carbonyl (C=O) groups is 1. The Balaban J connectivity index is 2.21. The maximum atomic E-state index is 11.7. The number of nitrogens with zero attached hydrogens (tertiary/aromatic N) is 2. The van der Waals surface area contributed by atoms with Gasteiger partial charge in [0, 0.05) is 24.7 Å². The van der Waals surface area contributed by atoms with Crippen LogP contribution in [0.5, 0.6) is 0 Å². The summed E-state index contributed by atoms with van der Waals surface area (Å²) in [5.74, 6) is -0.225. The third-order valence-corrected chi connectivity index (χ3v) is 4.91. The fourth-order valence-corrected chi connectivity index (χ4v) is 3.83. The van der Waals surface area contributed by atoms with Crippen molar-refractivity contribution in [1.82, 2.24) is 4.57 Å². The second kappa shape index (κ2) is 5.30. The normalized spacial score (nSPS) is 12.6. The Hall–Kier alpha value is -3.40. The zero-order valence-electron chi connectivity index (χ0n) is 14.5. The number of carbonyl (C=O) groups excluding carboxylic acids is 1. The minimum absolute atomic E-state index is 0.225. The lowest BCUT2D eigenvalue weighted by molar-refractivity contribution is -0.116. The van der Waals surface area contributed by atoms with Crippen LogP contribution in [0.4, 0.5) is 0 Å². The Kier molecular flexibility index (Phi) is 3.04. The first kappa shape index (κ1) is 14.9. The first-order valence-corrected chi connectivity index (χ1v) is 8.52. The Morgan fingerprint density at radius 2 is 1.58 bits per heavy atom. The molecular formula is C22H16N2O2. The molecule has 0 bridgehead atoms. The van der Waals surface area contributed by atoms with E-state index in [2.05, 4.69) is 33.8 Å². The number of pyridine rings is 1.